The second-order valence-electron chi connectivity index (χ2n) is 5.53. The maximum absolute atomic E-state index is 12.1. The number of benzene rings is 2. The van der Waals surface area contributed by atoms with Crippen molar-refractivity contribution < 1.29 is 4.79 Å². The maximum atomic E-state index is 12.1. The number of nitrogens with zero attached hydrogens (tertiary/aromatic N) is 2. The minimum Gasteiger partial charge on any atom is -0.325 e. The Morgan fingerprint density at radius 2 is 1.81 bits per heavy atom. The number of thioether (sulfide) groups is 1. The topological polar surface area (TPSA) is 54.9 Å². The van der Waals surface area contributed by atoms with Crippen molar-refractivity contribution in [3.8, 4) is 11.3 Å². The second-order valence-corrected chi connectivity index (χ2v) is 8.15. The molecule has 0 aliphatic rings. The van der Waals surface area contributed by atoms with E-state index in [1.807, 2.05) is 61.5 Å². The quantitative estimate of drug-likeness (QED) is 0.291. The van der Waals surface area contributed by atoms with Gasteiger partial charge in [0.25, 0.3) is 0 Å². The fourth-order valence-electron chi connectivity index (χ4n) is 2.23. The number of rotatable bonds is 5. The van der Waals surface area contributed by atoms with E-state index in [9.17, 15) is 4.79 Å². The van der Waals surface area contributed by atoms with Gasteiger partial charge in [0.2, 0.25) is 5.91 Å². The van der Waals surface area contributed by atoms with Crippen LogP contribution in [0.25, 0.3) is 11.3 Å². The summed E-state index contributed by atoms with van der Waals surface area (Å²) in [6.07, 6.45) is 0. The summed E-state index contributed by atoms with van der Waals surface area (Å²) in [5.74, 6) is 0.157. The summed E-state index contributed by atoms with van der Waals surface area (Å²) in [6.45, 7) is 1.91. The van der Waals surface area contributed by atoms with E-state index in [2.05, 4.69) is 37.9 Å². The lowest BCUT2D eigenvalue weighted by Crippen LogP contribution is -2.14. The van der Waals surface area contributed by atoms with E-state index >= 15 is 0 Å². The van der Waals surface area contributed by atoms with Crippen LogP contribution >= 0.6 is 46.0 Å². The number of hydrogen-bond acceptors (Lipinski definition) is 4. The standard InChI is InChI=1S/C19H15ClIN3OS/c1-12-10-17(13-2-4-14(20)5-3-13)24-19(22-12)26-11-18(25)23-16-8-6-15(21)7-9-16/h2-10H,11H2,1H3,(H,23,25). The Kier molecular flexibility index (Phi) is 6.50. The van der Waals surface area contributed by atoms with Gasteiger partial charge in [-0.3, -0.25) is 4.79 Å². The molecule has 26 heavy (non-hydrogen) atoms. The third-order valence-electron chi connectivity index (χ3n) is 3.43. The molecule has 1 aromatic heterocycles. The van der Waals surface area contributed by atoms with Crippen molar-refractivity contribution in [2.24, 2.45) is 0 Å². The Balaban J connectivity index is 1.66. The summed E-state index contributed by atoms with van der Waals surface area (Å²) in [5, 5.41) is 4.13. The fourth-order valence-corrected chi connectivity index (χ4v) is 3.42. The number of amides is 1. The molecule has 0 fully saturated rings. The largest absolute Gasteiger partial charge is 0.325 e. The Labute approximate surface area is 174 Å². The zero-order chi connectivity index (χ0) is 18.5. The smallest absolute Gasteiger partial charge is 0.234 e. The molecular formula is C19H15ClIN3OS. The monoisotopic (exact) mass is 495 g/mol. The number of nitrogens with one attached hydrogen (secondary N) is 1. The lowest BCUT2D eigenvalue weighted by atomic mass is 10.1. The van der Waals surface area contributed by atoms with Gasteiger partial charge in [0.15, 0.2) is 5.16 Å². The summed E-state index contributed by atoms with van der Waals surface area (Å²) in [5.41, 5.74) is 3.41. The molecule has 1 heterocycles. The lowest BCUT2D eigenvalue weighted by Gasteiger charge is -2.07. The Bertz CT molecular complexity index is 917. The van der Waals surface area contributed by atoms with Crippen LogP contribution in [0.2, 0.25) is 5.02 Å². The average molecular weight is 496 g/mol. The highest BCUT2D eigenvalue weighted by Crippen LogP contribution is 2.23. The van der Waals surface area contributed by atoms with E-state index in [0.717, 1.165) is 26.2 Å². The van der Waals surface area contributed by atoms with Gasteiger partial charge in [0.1, 0.15) is 0 Å². The third kappa shape index (κ3) is 5.43. The predicted octanol–water partition coefficient (Wildman–Crippen LogP) is 5.44. The number of carbonyl (C=O) groups is 1. The lowest BCUT2D eigenvalue weighted by molar-refractivity contribution is -0.113. The number of hydrogen-bond donors (Lipinski definition) is 1. The van der Waals surface area contributed by atoms with Crippen LogP contribution < -0.4 is 5.32 Å². The fraction of sp³-hybridized carbons (Fsp3) is 0.105. The molecule has 0 saturated heterocycles. The van der Waals surface area contributed by atoms with Gasteiger partial charge in [-0.15, -0.1) is 0 Å². The van der Waals surface area contributed by atoms with Gasteiger partial charge in [-0.05, 0) is 72.0 Å². The molecule has 0 atom stereocenters. The van der Waals surface area contributed by atoms with Crippen molar-refractivity contribution in [1.82, 2.24) is 9.97 Å². The summed E-state index contributed by atoms with van der Waals surface area (Å²) in [4.78, 5) is 21.1. The van der Waals surface area contributed by atoms with Crippen LogP contribution in [0.3, 0.4) is 0 Å². The number of anilines is 1. The molecular weight excluding hydrogens is 481 g/mol. The number of halogens is 2. The van der Waals surface area contributed by atoms with Crippen molar-refractivity contribution in [1.29, 1.82) is 0 Å². The molecule has 1 N–H and O–H groups in total. The maximum Gasteiger partial charge on any atom is 0.234 e. The van der Waals surface area contributed by atoms with Gasteiger partial charge in [0.05, 0.1) is 11.4 Å². The number of aryl methyl sites for hydroxylation is 1. The highest BCUT2D eigenvalue weighted by Gasteiger charge is 2.09. The van der Waals surface area contributed by atoms with Gasteiger partial charge in [-0.2, -0.15) is 0 Å². The van der Waals surface area contributed by atoms with Crippen molar-refractivity contribution in [2.45, 2.75) is 12.1 Å². The van der Waals surface area contributed by atoms with Gasteiger partial charge in [-0.1, -0.05) is 35.5 Å². The number of aromatic nitrogens is 2. The predicted molar refractivity (Wildman–Crippen MR) is 116 cm³/mol. The molecule has 0 aliphatic heterocycles. The molecule has 4 nitrogen and oxygen atoms in total. The first-order valence-corrected chi connectivity index (χ1v) is 10.2. The van der Waals surface area contributed by atoms with Crippen LogP contribution in [0.4, 0.5) is 5.69 Å². The van der Waals surface area contributed by atoms with Crippen LogP contribution in [-0.4, -0.2) is 21.6 Å². The molecule has 0 spiro atoms. The minimum atomic E-state index is -0.0886. The Hall–Kier alpha value is -1.64. The SMILES string of the molecule is Cc1cc(-c2ccc(Cl)cc2)nc(SCC(=O)Nc2ccc(I)cc2)n1. The molecule has 3 aromatic rings. The second kappa shape index (κ2) is 8.83. The van der Waals surface area contributed by atoms with Gasteiger partial charge >= 0.3 is 0 Å². The van der Waals surface area contributed by atoms with E-state index in [1.54, 1.807) is 0 Å². The Morgan fingerprint density at radius 3 is 2.50 bits per heavy atom. The highest BCUT2D eigenvalue weighted by atomic mass is 127. The van der Waals surface area contributed by atoms with Gasteiger partial charge in [-0.25, -0.2) is 9.97 Å². The summed E-state index contributed by atoms with van der Waals surface area (Å²) in [6, 6.07) is 17.1. The summed E-state index contributed by atoms with van der Waals surface area (Å²) >= 11 is 9.48. The molecule has 0 radical (unpaired) electrons. The van der Waals surface area contributed by atoms with Crippen LogP contribution in [0, 0.1) is 10.5 Å². The zero-order valence-electron chi connectivity index (χ0n) is 13.9. The van der Waals surface area contributed by atoms with E-state index in [1.165, 1.54) is 11.8 Å². The van der Waals surface area contributed by atoms with E-state index in [-0.39, 0.29) is 11.7 Å². The molecule has 0 aliphatic carbocycles. The Morgan fingerprint density at radius 1 is 1.12 bits per heavy atom. The first kappa shape index (κ1) is 19.1. The van der Waals surface area contributed by atoms with Crippen molar-refractivity contribution in [2.75, 3.05) is 11.1 Å². The molecule has 132 valence electrons. The van der Waals surface area contributed by atoms with Crippen molar-refractivity contribution >= 4 is 57.5 Å². The van der Waals surface area contributed by atoms with E-state index in [4.69, 9.17) is 11.6 Å². The van der Waals surface area contributed by atoms with Crippen LogP contribution in [-0.2, 0) is 4.79 Å². The summed E-state index contributed by atoms with van der Waals surface area (Å²) < 4.78 is 1.12. The normalized spacial score (nSPS) is 10.6. The van der Waals surface area contributed by atoms with Crippen molar-refractivity contribution in [3.05, 3.63) is 68.9 Å². The van der Waals surface area contributed by atoms with E-state index < -0.39 is 0 Å². The summed E-state index contributed by atoms with van der Waals surface area (Å²) in [7, 11) is 0. The molecule has 0 bridgehead atoms. The van der Waals surface area contributed by atoms with Crippen LogP contribution in [0.15, 0.2) is 59.8 Å². The third-order valence-corrected chi connectivity index (χ3v) is 5.25. The first-order chi connectivity index (χ1) is 12.5. The minimum absolute atomic E-state index is 0.0886. The van der Waals surface area contributed by atoms with Crippen molar-refractivity contribution in [3.63, 3.8) is 0 Å². The van der Waals surface area contributed by atoms with Gasteiger partial charge in [0, 0.05) is 25.5 Å². The van der Waals surface area contributed by atoms with E-state index in [0.29, 0.717) is 10.2 Å². The van der Waals surface area contributed by atoms with Gasteiger partial charge < -0.3 is 5.32 Å². The molecule has 0 saturated carbocycles. The van der Waals surface area contributed by atoms with Crippen LogP contribution in [0.1, 0.15) is 5.69 Å². The molecule has 7 heteroatoms. The molecule has 1 amide bonds. The molecule has 3 rings (SSSR count). The zero-order valence-corrected chi connectivity index (χ0v) is 17.6. The van der Waals surface area contributed by atoms with Crippen LogP contribution in [0.5, 0.6) is 0 Å². The average Bonchev–Trinajstić information content (AvgIpc) is 2.62. The first-order valence-electron chi connectivity index (χ1n) is 7.79. The highest BCUT2D eigenvalue weighted by molar-refractivity contribution is 14.1. The number of carbonyl (C=O) groups excluding carboxylic acids is 1. The molecule has 0 unspecified atom stereocenters. The molecule has 2 aromatic carbocycles.